The van der Waals surface area contributed by atoms with Gasteiger partial charge in [-0.05, 0) is 47.5 Å². The fourth-order valence-corrected chi connectivity index (χ4v) is 3.24. The van der Waals surface area contributed by atoms with E-state index in [-0.39, 0.29) is 17.4 Å². The Morgan fingerprint density at radius 3 is 2.50 bits per heavy atom. The third kappa shape index (κ3) is 3.58. The second kappa shape index (κ2) is 7.31. The Hall–Kier alpha value is -2.02. The molecule has 0 amide bonds. The summed E-state index contributed by atoms with van der Waals surface area (Å²) < 4.78 is 2.16. The maximum atomic E-state index is 10.3. The maximum Gasteiger partial charge on any atom is 0.195 e. The van der Waals surface area contributed by atoms with Gasteiger partial charge in [0.15, 0.2) is 10.6 Å². The summed E-state index contributed by atoms with van der Waals surface area (Å²) >= 11 is 17.4. The van der Waals surface area contributed by atoms with Gasteiger partial charge in [0.2, 0.25) is 0 Å². The third-order valence-corrected chi connectivity index (χ3v) is 5.14. The normalized spacial score (nSPS) is 11.3. The molecular weight excluding hydrogens is 393 g/mol. The number of hydrogen-bond acceptors (Lipinski definition) is 4. The molecule has 3 N–H and O–H groups in total. The van der Waals surface area contributed by atoms with Crippen LogP contribution >= 0.6 is 35.4 Å². The molecule has 0 aliphatic carbocycles. The highest BCUT2D eigenvalue weighted by atomic mass is 35.5. The maximum absolute atomic E-state index is 10.3. The molecule has 8 heteroatoms. The van der Waals surface area contributed by atoms with E-state index in [4.69, 9.17) is 35.4 Å². The molecule has 0 aliphatic heterocycles. The number of nitrogens with one attached hydrogen (secondary N) is 1. The topological polar surface area (TPSA) is 74.1 Å². The second-order valence-electron chi connectivity index (χ2n) is 6.27. The number of phenols is 2. The highest BCUT2D eigenvalue weighted by Gasteiger charge is 2.18. The van der Waals surface area contributed by atoms with Gasteiger partial charge in [-0.2, -0.15) is 5.10 Å². The van der Waals surface area contributed by atoms with E-state index in [0.29, 0.717) is 38.3 Å². The number of aromatic nitrogens is 3. The van der Waals surface area contributed by atoms with Gasteiger partial charge in [-0.15, -0.1) is 0 Å². The minimum Gasteiger partial charge on any atom is -0.508 e. The van der Waals surface area contributed by atoms with Crippen LogP contribution in [0.5, 0.6) is 11.5 Å². The molecule has 136 valence electrons. The summed E-state index contributed by atoms with van der Waals surface area (Å²) in [6.45, 7) is 4.32. The van der Waals surface area contributed by atoms with Crippen LogP contribution in [0.1, 0.15) is 30.9 Å². The van der Waals surface area contributed by atoms with Gasteiger partial charge in [0.05, 0.1) is 22.2 Å². The van der Waals surface area contributed by atoms with Gasteiger partial charge in [0, 0.05) is 6.07 Å². The summed E-state index contributed by atoms with van der Waals surface area (Å²) in [6.07, 6.45) is 0. The average molecular weight is 410 g/mol. The summed E-state index contributed by atoms with van der Waals surface area (Å²) in [4.78, 5) is 0. The molecule has 1 heterocycles. The van der Waals surface area contributed by atoms with Crippen LogP contribution in [0.25, 0.3) is 11.4 Å². The Bertz CT molecular complexity index is 1030. The molecular formula is C18H17Cl2N3O2S. The lowest BCUT2D eigenvalue weighted by molar-refractivity contribution is 0.444. The van der Waals surface area contributed by atoms with Gasteiger partial charge in [-0.3, -0.25) is 9.67 Å². The summed E-state index contributed by atoms with van der Waals surface area (Å²) in [7, 11) is 0. The molecule has 26 heavy (non-hydrogen) atoms. The van der Waals surface area contributed by atoms with E-state index in [1.807, 2.05) is 19.9 Å². The third-order valence-electron chi connectivity index (χ3n) is 4.09. The van der Waals surface area contributed by atoms with Crippen molar-refractivity contribution in [3.05, 3.63) is 56.3 Å². The summed E-state index contributed by atoms with van der Waals surface area (Å²) in [5.41, 5.74) is 2.09. The van der Waals surface area contributed by atoms with E-state index in [9.17, 15) is 10.2 Å². The van der Waals surface area contributed by atoms with Crippen LogP contribution in [0, 0.1) is 4.77 Å². The zero-order valence-corrected chi connectivity index (χ0v) is 16.5. The van der Waals surface area contributed by atoms with Crippen molar-refractivity contribution in [3.63, 3.8) is 0 Å². The largest absolute Gasteiger partial charge is 0.508 e. The fraction of sp³-hybridized carbons (Fsp3) is 0.222. The number of H-pyrrole nitrogens is 1. The molecule has 0 saturated carbocycles. The monoisotopic (exact) mass is 409 g/mol. The molecule has 1 aromatic heterocycles. The second-order valence-corrected chi connectivity index (χ2v) is 7.47. The van der Waals surface area contributed by atoms with Crippen molar-refractivity contribution in [1.29, 1.82) is 0 Å². The van der Waals surface area contributed by atoms with Crippen LogP contribution in [0.15, 0.2) is 30.3 Å². The van der Waals surface area contributed by atoms with Gasteiger partial charge < -0.3 is 10.2 Å². The smallest absolute Gasteiger partial charge is 0.195 e. The lowest BCUT2D eigenvalue weighted by Crippen LogP contribution is -2.03. The molecule has 0 saturated heterocycles. The molecule has 0 unspecified atom stereocenters. The van der Waals surface area contributed by atoms with Crippen molar-refractivity contribution >= 4 is 35.4 Å². The van der Waals surface area contributed by atoms with Crippen LogP contribution in [0.4, 0.5) is 0 Å². The number of hydrogen-bond donors (Lipinski definition) is 3. The quantitative estimate of drug-likeness (QED) is 0.497. The van der Waals surface area contributed by atoms with Crippen LogP contribution in [0.2, 0.25) is 10.0 Å². The highest BCUT2D eigenvalue weighted by Crippen LogP contribution is 2.37. The predicted molar refractivity (Wildman–Crippen MR) is 106 cm³/mol. The van der Waals surface area contributed by atoms with Crippen molar-refractivity contribution < 1.29 is 10.2 Å². The molecule has 0 atom stereocenters. The van der Waals surface area contributed by atoms with Gasteiger partial charge >= 0.3 is 0 Å². The Morgan fingerprint density at radius 2 is 1.85 bits per heavy atom. The van der Waals surface area contributed by atoms with Crippen molar-refractivity contribution in [2.75, 3.05) is 0 Å². The first-order valence-electron chi connectivity index (χ1n) is 7.93. The molecule has 0 radical (unpaired) electrons. The Morgan fingerprint density at radius 1 is 1.12 bits per heavy atom. The van der Waals surface area contributed by atoms with E-state index in [0.717, 1.165) is 5.56 Å². The number of rotatable bonds is 4. The SMILES string of the molecule is CC(C)c1cc(-c2n[nH]c(=S)n2Cc2ccc(Cl)c(Cl)c2)c(O)cc1O. The van der Waals surface area contributed by atoms with E-state index in [1.165, 1.54) is 6.07 Å². The number of halogens is 2. The number of aromatic amines is 1. The highest BCUT2D eigenvalue weighted by molar-refractivity contribution is 7.71. The number of phenolic OH excluding ortho intramolecular Hbond substituents is 2. The molecule has 3 rings (SSSR count). The molecule has 0 aliphatic rings. The Balaban J connectivity index is 2.10. The van der Waals surface area contributed by atoms with Crippen molar-refractivity contribution in [2.24, 2.45) is 0 Å². The summed E-state index contributed by atoms with van der Waals surface area (Å²) in [6, 6.07) is 8.39. The van der Waals surface area contributed by atoms with E-state index in [1.54, 1.807) is 22.8 Å². The van der Waals surface area contributed by atoms with E-state index >= 15 is 0 Å². The van der Waals surface area contributed by atoms with Gasteiger partial charge in [0.1, 0.15) is 11.5 Å². The number of nitrogens with zero attached hydrogens (tertiary/aromatic N) is 2. The lowest BCUT2D eigenvalue weighted by atomic mass is 9.98. The van der Waals surface area contributed by atoms with Crippen LogP contribution in [-0.2, 0) is 6.54 Å². The predicted octanol–water partition coefficient (Wildman–Crippen LogP) is 5.50. The zero-order valence-electron chi connectivity index (χ0n) is 14.1. The Labute approximate surface area is 165 Å². The standard InChI is InChI=1S/C18H17Cl2N3O2S/c1-9(2)11-6-12(16(25)7-15(11)24)17-21-22-18(26)23(17)8-10-3-4-13(19)14(20)5-10/h3-7,9,24-25H,8H2,1-2H3,(H,22,26). The molecule has 0 bridgehead atoms. The minimum absolute atomic E-state index is 0.0476. The number of benzene rings is 2. The van der Waals surface area contributed by atoms with Crippen LogP contribution in [0.3, 0.4) is 0 Å². The lowest BCUT2D eigenvalue weighted by Gasteiger charge is -2.13. The van der Waals surface area contributed by atoms with Crippen molar-refractivity contribution in [3.8, 4) is 22.9 Å². The first-order valence-corrected chi connectivity index (χ1v) is 9.09. The first kappa shape index (κ1) is 18.8. The molecule has 3 aromatic rings. The minimum atomic E-state index is -0.0729. The van der Waals surface area contributed by atoms with E-state index in [2.05, 4.69) is 10.2 Å². The van der Waals surface area contributed by atoms with Crippen molar-refractivity contribution in [2.45, 2.75) is 26.3 Å². The van der Waals surface area contributed by atoms with Gasteiger partial charge in [-0.1, -0.05) is 43.1 Å². The zero-order chi connectivity index (χ0) is 19.0. The Kier molecular flexibility index (Phi) is 5.27. The molecule has 0 spiro atoms. The van der Waals surface area contributed by atoms with Crippen LogP contribution in [-0.4, -0.2) is 25.0 Å². The summed E-state index contributed by atoms with van der Waals surface area (Å²) in [5.74, 6) is 0.531. The molecule has 0 fully saturated rings. The first-order chi connectivity index (χ1) is 12.3. The van der Waals surface area contributed by atoms with Crippen molar-refractivity contribution in [1.82, 2.24) is 14.8 Å². The summed E-state index contributed by atoms with van der Waals surface area (Å²) in [5, 5.41) is 28.3. The van der Waals surface area contributed by atoms with Gasteiger partial charge in [-0.25, -0.2) is 0 Å². The molecule has 2 aromatic carbocycles. The van der Waals surface area contributed by atoms with Crippen LogP contribution < -0.4 is 0 Å². The van der Waals surface area contributed by atoms with E-state index < -0.39 is 0 Å². The average Bonchev–Trinajstić information content (AvgIpc) is 2.91. The molecule has 5 nitrogen and oxygen atoms in total. The fourth-order valence-electron chi connectivity index (χ4n) is 2.73. The number of aromatic hydroxyl groups is 2. The van der Waals surface area contributed by atoms with Gasteiger partial charge in [0.25, 0.3) is 0 Å².